The molecule has 1 N–H and O–H groups in total. The molecule has 0 aromatic heterocycles. The largest absolute Gasteiger partial charge is 0.497 e. The van der Waals surface area contributed by atoms with E-state index in [4.69, 9.17) is 4.74 Å². The second-order valence-corrected chi connectivity index (χ2v) is 14.1. The maximum Gasteiger partial charge on any atom is 0.264 e. The molecule has 5 rings (SSSR count). The molecule has 0 unspecified atom stereocenters. The van der Waals surface area contributed by atoms with Gasteiger partial charge in [0.05, 0.1) is 17.7 Å². The number of ether oxygens (including phenoxy) is 1. The Bertz CT molecular complexity index is 1760. The number of carbonyl (C=O) groups excluding carboxylic acids is 2. The molecule has 0 spiro atoms. The van der Waals surface area contributed by atoms with Crippen molar-refractivity contribution in [1.29, 1.82) is 0 Å². The fraction of sp³-hybridized carbons (Fsp3) is 0.316. The Morgan fingerprint density at radius 1 is 0.854 bits per heavy atom. The van der Waals surface area contributed by atoms with Crippen LogP contribution >= 0.6 is 0 Å². The summed E-state index contributed by atoms with van der Waals surface area (Å²) in [6, 6.07) is 27.0. The SMILES string of the molecule is COc1ccc(S(=O)(=O)N(CC(=O)N(Cc2ccc(F)cc2)[C@H](Cc2ccccc2)C(=O)NC2CCCCC2)c2ccc(C)cc2)cc1. The van der Waals surface area contributed by atoms with Crippen LogP contribution in [0.15, 0.2) is 108 Å². The van der Waals surface area contributed by atoms with E-state index < -0.39 is 34.3 Å². The van der Waals surface area contributed by atoms with Crippen molar-refractivity contribution in [1.82, 2.24) is 10.2 Å². The summed E-state index contributed by atoms with van der Waals surface area (Å²) in [5.74, 6) is -0.813. The minimum atomic E-state index is -4.25. The first kappa shape index (κ1) is 34.6. The Hall–Kier alpha value is -4.70. The normalized spacial score (nSPS) is 14.1. The van der Waals surface area contributed by atoms with Crippen LogP contribution in [0.2, 0.25) is 0 Å². The number of hydrogen-bond acceptors (Lipinski definition) is 5. The standard InChI is InChI=1S/C38H42FN3O5S/c1-28-13-19-33(20-14-28)42(48(45,46)35-23-21-34(47-2)22-24-35)27-37(43)41(26-30-15-17-31(39)18-16-30)36(25-29-9-5-3-6-10-29)38(44)40-32-11-7-4-8-12-32/h3,5-6,9-10,13-24,32,36H,4,7-8,11-12,25-27H2,1-2H3,(H,40,44)/t36-/m1/s1. The van der Waals surface area contributed by atoms with Gasteiger partial charge in [-0.3, -0.25) is 13.9 Å². The molecule has 4 aromatic rings. The summed E-state index contributed by atoms with van der Waals surface area (Å²) < 4.78 is 48.7. The second-order valence-electron chi connectivity index (χ2n) is 12.2. The number of hydrogen-bond donors (Lipinski definition) is 1. The summed E-state index contributed by atoms with van der Waals surface area (Å²) in [5, 5.41) is 3.19. The number of carbonyl (C=O) groups is 2. The van der Waals surface area contributed by atoms with Gasteiger partial charge in [0.1, 0.15) is 24.2 Å². The van der Waals surface area contributed by atoms with Crippen LogP contribution in [0.25, 0.3) is 0 Å². The molecule has 0 aliphatic heterocycles. The lowest BCUT2D eigenvalue weighted by Crippen LogP contribution is -2.55. The number of aryl methyl sites for hydroxylation is 1. The van der Waals surface area contributed by atoms with E-state index in [1.54, 1.807) is 48.5 Å². The third-order valence-corrected chi connectivity index (χ3v) is 10.5. The zero-order valence-electron chi connectivity index (χ0n) is 27.3. The lowest BCUT2D eigenvalue weighted by Gasteiger charge is -2.35. The smallest absolute Gasteiger partial charge is 0.264 e. The van der Waals surface area contributed by atoms with Crippen LogP contribution in [-0.2, 0) is 32.6 Å². The average molecular weight is 672 g/mol. The van der Waals surface area contributed by atoms with Crippen molar-refractivity contribution >= 4 is 27.5 Å². The first-order valence-electron chi connectivity index (χ1n) is 16.3. The Labute approximate surface area is 282 Å². The Kier molecular flexibility index (Phi) is 11.5. The van der Waals surface area contributed by atoms with Crippen molar-refractivity contribution in [3.8, 4) is 5.75 Å². The van der Waals surface area contributed by atoms with Crippen molar-refractivity contribution in [2.75, 3.05) is 18.0 Å². The quantitative estimate of drug-likeness (QED) is 0.177. The lowest BCUT2D eigenvalue weighted by atomic mass is 9.94. The third-order valence-electron chi connectivity index (χ3n) is 8.74. The maximum absolute atomic E-state index is 14.6. The molecular formula is C38H42FN3O5S. The number of nitrogens with one attached hydrogen (secondary N) is 1. The number of halogens is 1. The zero-order chi connectivity index (χ0) is 34.1. The van der Waals surface area contributed by atoms with Gasteiger partial charge in [0, 0.05) is 19.0 Å². The molecule has 1 aliphatic carbocycles. The van der Waals surface area contributed by atoms with Crippen LogP contribution in [-0.4, -0.2) is 50.9 Å². The van der Waals surface area contributed by atoms with Crippen molar-refractivity contribution in [3.05, 3.63) is 126 Å². The van der Waals surface area contributed by atoms with Crippen molar-refractivity contribution in [2.24, 2.45) is 0 Å². The Morgan fingerprint density at radius 3 is 2.12 bits per heavy atom. The van der Waals surface area contributed by atoms with Gasteiger partial charge in [-0.1, -0.05) is 79.4 Å². The number of anilines is 1. The summed E-state index contributed by atoms with van der Waals surface area (Å²) >= 11 is 0. The van der Waals surface area contributed by atoms with Crippen LogP contribution in [0.5, 0.6) is 5.75 Å². The molecule has 0 heterocycles. The number of amides is 2. The molecule has 48 heavy (non-hydrogen) atoms. The predicted octanol–water partition coefficient (Wildman–Crippen LogP) is 6.43. The Morgan fingerprint density at radius 2 is 1.50 bits per heavy atom. The van der Waals surface area contributed by atoms with E-state index in [0.29, 0.717) is 17.0 Å². The number of benzene rings is 4. The second kappa shape index (κ2) is 15.9. The van der Waals surface area contributed by atoms with Crippen LogP contribution in [0.1, 0.15) is 48.8 Å². The molecule has 252 valence electrons. The van der Waals surface area contributed by atoms with Gasteiger partial charge in [0.25, 0.3) is 10.0 Å². The molecule has 0 bridgehead atoms. The topological polar surface area (TPSA) is 96.0 Å². The molecule has 2 amide bonds. The van der Waals surface area contributed by atoms with Gasteiger partial charge < -0.3 is 15.0 Å². The van der Waals surface area contributed by atoms with Crippen LogP contribution < -0.4 is 14.4 Å². The van der Waals surface area contributed by atoms with E-state index in [9.17, 15) is 22.4 Å². The van der Waals surface area contributed by atoms with Crippen molar-refractivity contribution in [3.63, 3.8) is 0 Å². The summed E-state index contributed by atoms with van der Waals surface area (Å²) in [4.78, 5) is 30.2. The minimum Gasteiger partial charge on any atom is -0.497 e. The van der Waals surface area contributed by atoms with Gasteiger partial charge in [0.2, 0.25) is 11.8 Å². The van der Waals surface area contributed by atoms with Crippen molar-refractivity contribution in [2.45, 2.75) is 69.0 Å². The third kappa shape index (κ3) is 8.80. The van der Waals surface area contributed by atoms with Gasteiger partial charge in [-0.15, -0.1) is 0 Å². The highest BCUT2D eigenvalue weighted by atomic mass is 32.2. The summed E-state index contributed by atoms with van der Waals surface area (Å²) in [5.41, 5.74) is 2.68. The predicted molar refractivity (Wildman–Crippen MR) is 185 cm³/mol. The van der Waals surface area contributed by atoms with Crippen LogP contribution in [0.4, 0.5) is 10.1 Å². The first-order valence-corrected chi connectivity index (χ1v) is 17.7. The summed E-state index contributed by atoms with van der Waals surface area (Å²) in [7, 11) is -2.75. The van der Waals surface area contributed by atoms with Gasteiger partial charge in [-0.2, -0.15) is 0 Å². The van der Waals surface area contributed by atoms with Crippen molar-refractivity contribution < 1.29 is 27.1 Å². The molecule has 10 heteroatoms. The number of methoxy groups -OCH3 is 1. The zero-order valence-corrected chi connectivity index (χ0v) is 28.2. The summed E-state index contributed by atoms with van der Waals surface area (Å²) in [6.45, 7) is 1.29. The molecule has 1 saturated carbocycles. The molecule has 1 atom stereocenters. The molecule has 4 aromatic carbocycles. The highest BCUT2D eigenvalue weighted by Crippen LogP contribution is 2.27. The molecule has 1 aliphatic rings. The van der Waals surface area contributed by atoms with E-state index >= 15 is 0 Å². The maximum atomic E-state index is 14.6. The molecule has 0 radical (unpaired) electrons. The van der Waals surface area contributed by atoms with E-state index in [1.807, 2.05) is 37.3 Å². The van der Waals surface area contributed by atoms with E-state index in [0.717, 1.165) is 47.5 Å². The summed E-state index contributed by atoms with van der Waals surface area (Å²) in [6.07, 6.45) is 5.07. The van der Waals surface area contributed by atoms with E-state index in [-0.39, 0.29) is 29.8 Å². The van der Waals surface area contributed by atoms with Crippen LogP contribution in [0.3, 0.4) is 0 Å². The molecule has 8 nitrogen and oxygen atoms in total. The average Bonchev–Trinajstić information content (AvgIpc) is 3.10. The van der Waals surface area contributed by atoms with Gasteiger partial charge in [0.15, 0.2) is 0 Å². The van der Waals surface area contributed by atoms with Gasteiger partial charge in [-0.05, 0) is 79.4 Å². The molecule has 1 fully saturated rings. The fourth-order valence-electron chi connectivity index (χ4n) is 6.00. The fourth-order valence-corrected chi connectivity index (χ4v) is 7.41. The monoisotopic (exact) mass is 671 g/mol. The highest BCUT2D eigenvalue weighted by Gasteiger charge is 2.35. The lowest BCUT2D eigenvalue weighted by molar-refractivity contribution is -0.140. The number of sulfonamides is 1. The molecular weight excluding hydrogens is 629 g/mol. The number of rotatable bonds is 13. The first-order chi connectivity index (χ1) is 23.1. The van der Waals surface area contributed by atoms with Gasteiger partial charge >= 0.3 is 0 Å². The van der Waals surface area contributed by atoms with Crippen LogP contribution in [0, 0.1) is 12.7 Å². The van der Waals surface area contributed by atoms with E-state index in [1.165, 1.54) is 36.3 Å². The highest BCUT2D eigenvalue weighted by molar-refractivity contribution is 7.92. The minimum absolute atomic E-state index is 0.00759. The number of nitrogens with zero attached hydrogens (tertiary/aromatic N) is 2. The molecule has 0 saturated heterocycles. The van der Waals surface area contributed by atoms with E-state index in [2.05, 4.69) is 5.32 Å². The Balaban J connectivity index is 1.55. The van der Waals surface area contributed by atoms with Gasteiger partial charge in [-0.25, -0.2) is 12.8 Å².